The van der Waals surface area contributed by atoms with Crippen molar-refractivity contribution in [1.29, 1.82) is 0 Å². The number of nitrogens with zero attached hydrogens (tertiary/aromatic N) is 1. The molecule has 1 aromatic heterocycles. The zero-order chi connectivity index (χ0) is 29.3. The van der Waals surface area contributed by atoms with Gasteiger partial charge in [0.25, 0.3) is 0 Å². The van der Waals surface area contributed by atoms with Crippen LogP contribution in [-0.2, 0) is 35.9 Å². The number of rotatable bonds is 6. The Bertz CT molecular complexity index is 1450. The van der Waals surface area contributed by atoms with E-state index in [9.17, 15) is 0 Å². The zero-order valence-electron chi connectivity index (χ0n) is 24.2. The summed E-state index contributed by atoms with van der Waals surface area (Å²) < 4.78 is 29.0. The number of hydrogen-bond donors (Lipinski definition) is 0. The van der Waals surface area contributed by atoms with Crippen LogP contribution in [0, 0.1) is 0 Å². The lowest BCUT2D eigenvalue weighted by Gasteiger charge is -2.41. The van der Waals surface area contributed by atoms with Crippen LogP contribution < -0.4 is 0 Å². The molecule has 2 saturated heterocycles. The van der Waals surface area contributed by atoms with E-state index in [2.05, 4.69) is 53.5 Å². The number of fused-ring (bicyclic) bond motifs is 1. The highest BCUT2D eigenvalue weighted by atomic mass is 31.2. The highest BCUT2D eigenvalue weighted by Gasteiger charge is 2.66. The lowest BCUT2D eigenvalue weighted by atomic mass is 9.72. The van der Waals surface area contributed by atoms with Crippen LogP contribution in [0.15, 0.2) is 146 Å². The monoisotopic (exact) mass is 587 g/mol. The van der Waals surface area contributed by atoms with Crippen LogP contribution in [0.3, 0.4) is 0 Å². The number of ether oxygens (including phenoxy) is 2. The molecule has 2 aliphatic heterocycles. The lowest BCUT2D eigenvalue weighted by Crippen LogP contribution is -2.53. The van der Waals surface area contributed by atoms with Gasteiger partial charge in [0.1, 0.15) is 12.2 Å². The highest BCUT2D eigenvalue weighted by Crippen LogP contribution is 2.65. The number of pyridine rings is 1. The van der Waals surface area contributed by atoms with Gasteiger partial charge in [0.15, 0.2) is 25.4 Å². The molecule has 43 heavy (non-hydrogen) atoms. The number of aromatic nitrogens is 1. The molecule has 0 amide bonds. The summed E-state index contributed by atoms with van der Waals surface area (Å²) in [5.74, 6) is -0.910. The molecule has 5 nitrogen and oxygen atoms in total. The molecule has 0 saturated carbocycles. The second kappa shape index (κ2) is 11.4. The van der Waals surface area contributed by atoms with Crippen LogP contribution in [0.4, 0.5) is 0 Å². The van der Waals surface area contributed by atoms with Gasteiger partial charge < -0.3 is 18.5 Å². The van der Waals surface area contributed by atoms with Gasteiger partial charge in [-0.2, -0.15) is 0 Å². The first-order valence-corrected chi connectivity index (χ1v) is 16.0. The molecule has 7 rings (SSSR count). The molecule has 5 aromatic rings. The zero-order valence-corrected chi connectivity index (χ0v) is 25.1. The molecule has 3 heterocycles. The largest absolute Gasteiger partial charge is 0.341 e. The summed E-state index contributed by atoms with van der Waals surface area (Å²) in [6, 6.07) is 47.4. The summed E-state index contributed by atoms with van der Waals surface area (Å²) >= 11 is 0. The third-order valence-corrected chi connectivity index (χ3v) is 9.78. The van der Waals surface area contributed by atoms with Crippen LogP contribution in [-0.4, -0.2) is 23.0 Å². The van der Waals surface area contributed by atoms with Crippen molar-refractivity contribution in [3.8, 4) is 0 Å². The Labute approximate surface area is 254 Å². The van der Waals surface area contributed by atoms with Crippen LogP contribution >= 0.6 is 8.38 Å². The minimum Gasteiger partial charge on any atom is -0.341 e. The maximum atomic E-state index is 7.48. The van der Waals surface area contributed by atoms with Crippen molar-refractivity contribution in [3.63, 3.8) is 0 Å². The molecule has 2 fully saturated rings. The normalized spacial score (nSPS) is 22.4. The van der Waals surface area contributed by atoms with Gasteiger partial charge in [-0.25, -0.2) is 0 Å². The lowest BCUT2D eigenvalue weighted by molar-refractivity contribution is -0.174. The minimum atomic E-state index is -1.62. The van der Waals surface area contributed by atoms with E-state index in [1.807, 2.05) is 111 Å². The van der Waals surface area contributed by atoms with Crippen molar-refractivity contribution >= 4 is 8.38 Å². The van der Waals surface area contributed by atoms with E-state index < -0.39 is 37.6 Å². The Morgan fingerprint density at radius 2 is 0.907 bits per heavy atom. The fourth-order valence-electron chi connectivity index (χ4n) is 6.43. The van der Waals surface area contributed by atoms with Gasteiger partial charge in [-0.3, -0.25) is 4.98 Å². The van der Waals surface area contributed by atoms with Crippen molar-refractivity contribution in [2.75, 3.05) is 0 Å². The number of benzene rings is 4. The van der Waals surface area contributed by atoms with E-state index in [1.54, 1.807) is 0 Å². The predicted molar refractivity (Wildman–Crippen MR) is 168 cm³/mol. The molecule has 216 valence electrons. The summed E-state index contributed by atoms with van der Waals surface area (Å²) in [4.78, 5) is 4.68. The average Bonchev–Trinajstić information content (AvgIpc) is 3.34. The molecule has 6 heteroatoms. The molecule has 0 aliphatic carbocycles. The van der Waals surface area contributed by atoms with Gasteiger partial charge in [-0.1, -0.05) is 127 Å². The maximum absolute atomic E-state index is 7.48. The molecule has 0 bridgehead atoms. The molecule has 0 N–H and O–H groups in total. The second-order valence-electron chi connectivity index (χ2n) is 11.4. The fraction of sp³-hybridized carbons (Fsp3) is 0.216. The van der Waals surface area contributed by atoms with Gasteiger partial charge in [0.05, 0.1) is 6.16 Å². The molecular weight excluding hydrogens is 553 g/mol. The van der Waals surface area contributed by atoms with Crippen LogP contribution in [0.2, 0.25) is 0 Å². The van der Waals surface area contributed by atoms with Crippen LogP contribution in [0.25, 0.3) is 0 Å². The van der Waals surface area contributed by atoms with E-state index in [1.165, 1.54) is 0 Å². The van der Waals surface area contributed by atoms with Crippen LogP contribution in [0.5, 0.6) is 0 Å². The molecule has 2 aliphatic rings. The van der Waals surface area contributed by atoms with E-state index in [0.717, 1.165) is 27.9 Å². The fourth-order valence-corrected chi connectivity index (χ4v) is 8.32. The highest BCUT2D eigenvalue weighted by molar-refractivity contribution is 7.46. The Morgan fingerprint density at radius 3 is 1.26 bits per heavy atom. The first-order chi connectivity index (χ1) is 21.0. The van der Waals surface area contributed by atoms with Gasteiger partial charge in [-0.05, 0) is 48.2 Å². The molecule has 2 atom stereocenters. The summed E-state index contributed by atoms with van der Waals surface area (Å²) in [7, 11) is -1.62. The summed E-state index contributed by atoms with van der Waals surface area (Å²) in [6.45, 7) is 3.94. The standard InChI is InChI=1S/C37H34NO4P/c1-35(2)39-33-34(40-35)37(30-21-11-5-12-22-30,31-23-13-6-14-24-31)42-43(27-32-25-15-16-26-38-32)41-36(33,28-17-7-3-8-18-28)29-19-9-4-10-20-29/h3-26,33-34H,27H2,1-2H3/t33-,34-/m1/s1. The van der Waals surface area contributed by atoms with E-state index in [0.29, 0.717) is 6.16 Å². The van der Waals surface area contributed by atoms with Crippen LogP contribution in [0.1, 0.15) is 41.8 Å². The quantitative estimate of drug-likeness (QED) is 0.187. The molecule has 0 unspecified atom stereocenters. The summed E-state index contributed by atoms with van der Waals surface area (Å²) in [5, 5.41) is 0. The van der Waals surface area contributed by atoms with Crippen molar-refractivity contribution in [3.05, 3.63) is 174 Å². The Balaban J connectivity index is 1.55. The van der Waals surface area contributed by atoms with E-state index in [-0.39, 0.29) is 0 Å². The molecule has 0 spiro atoms. The second-order valence-corrected chi connectivity index (χ2v) is 12.8. The van der Waals surface area contributed by atoms with Crippen molar-refractivity contribution in [2.24, 2.45) is 0 Å². The van der Waals surface area contributed by atoms with Crippen molar-refractivity contribution < 1.29 is 18.5 Å². The predicted octanol–water partition coefficient (Wildman–Crippen LogP) is 8.35. The molecular formula is C37H34NO4P. The minimum absolute atomic E-state index is 0.488. The first kappa shape index (κ1) is 28.1. The Kier molecular flexibility index (Phi) is 7.46. The topological polar surface area (TPSA) is 49.8 Å². The van der Waals surface area contributed by atoms with Crippen molar-refractivity contribution in [1.82, 2.24) is 4.98 Å². The SMILES string of the molecule is CC1(C)O[C@@H]2[C@@H](O1)C(c1ccccc1)(c1ccccc1)OP(Cc1ccccn1)OC2(c1ccccc1)c1ccccc1. The van der Waals surface area contributed by atoms with Gasteiger partial charge in [0.2, 0.25) is 0 Å². The smallest absolute Gasteiger partial charge is 0.179 e. The third kappa shape index (κ3) is 5.02. The summed E-state index contributed by atoms with van der Waals surface area (Å²) in [5.41, 5.74) is 2.71. The Hall–Kier alpha value is -3.70. The van der Waals surface area contributed by atoms with Crippen molar-refractivity contribution in [2.45, 2.75) is 49.2 Å². The summed E-state index contributed by atoms with van der Waals surface area (Å²) in [6.07, 6.45) is 1.14. The van der Waals surface area contributed by atoms with Gasteiger partial charge in [0, 0.05) is 11.9 Å². The van der Waals surface area contributed by atoms with Gasteiger partial charge >= 0.3 is 0 Å². The molecule has 4 aromatic carbocycles. The third-order valence-electron chi connectivity index (χ3n) is 8.22. The van der Waals surface area contributed by atoms with Gasteiger partial charge in [-0.15, -0.1) is 0 Å². The first-order valence-electron chi connectivity index (χ1n) is 14.6. The van der Waals surface area contributed by atoms with E-state index >= 15 is 0 Å². The number of hydrogen-bond acceptors (Lipinski definition) is 5. The Morgan fingerprint density at radius 1 is 0.535 bits per heavy atom. The molecule has 0 radical (unpaired) electrons. The maximum Gasteiger partial charge on any atom is 0.179 e. The average molecular weight is 588 g/mol. The van der Waals surface area contributed by atoms with E-state index in [4.69, 9.17) is 18.5 Å².